The van der Waals surface area contributed by atoms with Gasteiger partial charge in [0.25, 0.3) is 0 Å². The number of para-hydroxylation sites is 1. The number of aromatic nitrogens is 3. The Kier molecular flexibility index (Phi) is 2.95. The Bertz CT molecular complexity index is 1060. The maximum Gasteiger partial charge on any atom is 0.230 e. The van der Waals surface area contributed by atoms with Gasteiger partial charge in [0.05, 0.1) is 28.2 Å². The number of rotatable bonds is 2. The van der Waals surface area contributed by atoms with Crippen molar-refractivity contribution in [2.75, 3.05) is 0 Å². The van der Waals surface area contributed by atoms with Crippen molar-refractivity contribution in [1.82, 2.24) is 14.6 Å². The van der Waals surface area contributed by atoms with Crippen LogP contribution in [0, 0.1) is 18.3 Å². The molecule has 0 saturated heterocycles. The van der Waals surface area contributed by atoms with Gasteiger partial charge in [0.15, 0.2) is 5.65 Å². The maximum absolute atomic E-state index is 8.87. The van der Waals surface area contributed by atoms with Gasteiger partial charge in [0.1, 0.15) is 5.75 Å². The molecule has 2 aromatic heterocycles. The number of hydrogen-bond donors (Lipinski definition) is 0. The quantitative estimate of drug-likeness (QED) is 0.564. The van der Waals surface area contributed by atoms with E-state index in [4.69, 9.17) is 10.00 Å². The highest BCUT2D eigenvalue weighted by Crippen LogP contribution is 2.29. The fourth-order valence-corrected chi connectivity index (χ4v) is 2.53. The minimum absolute atomic E-state index is 0.526. The molecule has 5 nitrogen and oxygen atoms in total. The fourth-order valence-electron chi connectivity index (χ4n) is 2.53. The van der Waals surface area contributed by atoms with E-state index >= 15 is 0 Å². The first-order valence-corrected chi connectivity index (χ1v) is 7.18. The van der Waals surface area contributed by atoms with Crippen molar-refractivity contribution in [1.29, 1.82) is 5.26 Å². The highest BCUT2D eigenvalue weighted by Gasteiger charge is 2.11. The van der Waals surface area contributed by atoms with Crippen LogP contribution >= 0.6 is 0 Å². The lowest BCUT2D eigenvalue weighted by Gasteiger charge is -2.09. The second-order valence-electron chi connectivity index (χ2n) is 5.23. The third kappa shape index (κ3) is 2.27. The molecule has 0 aliphatic heterocycles. The largest absolute Gasteiger partial charge is 0.438 e. The normalized spacial score (nSPS) is 10.8. The van der Waals surface area contributed by atoms with Crippen molar-refractivity contribution in [2.45, 2.75) is 6.92 Å². The molecule has 0 spiro atoms. The summed E-state index contributed by atoms with van der Waals surface area (Å²) in [4.78, 5) is 4.58. The molecule has 2 heterocycles. The van der Waals surface area contributed by atoms with Crippen LogP contribution in [0.1, 0.15) is 11.3 Å². The molecule has 0 aliphatic rings. The SMILES string of the molecule is Cc1cc2nc(Oc3ccc(C#N)cc3)c3ccccc3n2n1. The zero-order chi connectivity index (χ0) is 15.8. The van der Waals surface area contributed by atoms with Crippen molar-refractivity contribution in [2.24, 2.45) is 0 Å². The molecule has 0 amide bonds. The van der Waals surface area contributed by atoms with Crippen LogP contribution in [0.4, 0.5) is 0 Å². The lowest BCUT2D eigenvalue weighted by Crippen LogP contribution is -1.97. The molecule has 23 heavy (non-hydrogen) atoms. The summed E-state index contributed by atoms with van der Waals surface area (Å²) in [7, 11) is 0. The van der Waals surface area contributed by atoms with Crippen LogP contribution < -0.4 is 4.74 Å². The Hall–Kier alpha value is -3.39. The molecule has 2 aromatic carbocycles. The van der Waals surface area contributed by atoms with E-state index in [0.29, 0.717) is 17.2 Å². The van der Waals surface area contributed by atoms with Crippen LogP contribution in [0.15, 0.2) is 54.6 Å². The monoisotopic (exact) mass is 300 g/mol. The molecule has 4 rings (SSSR count). The van der Waals surface area contributed by atoms with Gasteiger partial charge in [-0.05, 0) is 43.3 Å². The van der Waals surface area contributed by atoms with Crippen molar-refractivity contribution in [3.05, 3.63) is 65.9 Å². The summed E-state index contributed by atoms with van der Waals surface area (Å²) in [5.74, 6) is 1.17. The van der Waals surface area contributed by atoms with Crippen LogP contribution in [0.2, 0.25) is 0 Å². The van der Waals surface area contributed by atoms with Crippen LogP contribution in [-0.2, 0) is 0 Å². The van der Waals surface area contributed by atoms with E-state index in [2.05, 4.69) is 16.2 Å². The molecule has 0 saturated carbocycles. The topological polar surface area (TPSA) is 63.2 Å². The van der Waals surface area contributed by atoms with Crippen LogP contribution in [-0.4, -0.2) is 14.6 Å². The Balaban J connectivity index is 1.88. The average molecular weight is 300 g/mol. The number of ether oxygens (including phenoxy) is 1. The maximum atomic E-state index is 8.87. The average Bonchev–Trinajstić information content (AvgIpc) is 2.96. The summed E-state index contributed by atoms with van der Waals surface area (Å²) in [6, 6.07) is 18.8. The van der Waals surface area contributed by atoms with Gasteiger partial charge in [-0.15, -0.1) is 0 Å². The van der Waals surface area contributed by atoms with Gasteiger partial charge in [0.2, 0.25) is 5.88 Å². The smallest absolute Gasteiger partial charge is 0.230 e. The fraction of sp³-hybridized carbons (Fsp3) is 0.0556. The number of fused-ring (bicyclic) bond motifs is 3. The first-order valence-electron chi connectivity index (χ1n) is 7.18. The lowest BCUT2D eigenvalue weighted by atomic mass is 10.2. The highest BCUT2D eigenvalue weighted by atomic mass is 16.5. The van der Waals surface area contributed by atoms with Gasteiger partial charge in [-0.25, -0.2) is 4.52 Å². The molecule has 5 heteroatoms. The van der Waals surface area contributed by atoms with Crippen LogP contribution in [0.3, 0.4) is 0 Å². The van der Waals surface area contributed by atoms with Gasteiger partial charge in [-0.2, -0.15) is 15.3 Å². The molecule has 0 bridgehead atoms. The van der Waals surface area contributed by atoms with Gasteiger partial charge in [-0.1, -0.05) is 12.1 Å². The molecule has 0 aliphatic carbocycles. The number of nitriles is 1. The second-order valence-corrected chi connectivity index (χ2v) is 5.23. The molecule has 0 N–H and O–H groups in total. The van der Waals surface area contributed by atoms with Gasteiger partial charge >= 0.3 is 0 Å². The minimum atomic E-state index is 0.526. The minimum Gasteiger partial charge on any atom is -0.438 e. The molecule has 0 radical (unpaired) electrons. The standard InChI is InChI=1S/C18H12N4O/c1-12-10-17-20-18(23-14-8-6-13(11-19)7-9-14)15-4-2-3-5-16(15)22(17)21-12/h2-10H,1H3. The van der Waals surface area contributed by atoms with Crippen LogP contribution in [0.5, 0.6) is 11.6 Å². The number of benzene rings is 2. The summed E-state index contributed by atoms with van der Waals surface area (Å²) in [6.07, 6.45) is 0. The Morgan fingerprint density at radius 2 is 1.87 bits per heavy atom. The van der Waals surface area contributed by atoms with E-state index in [9.17, 15) is 0 Å². The van der Waals surface area contributed by atoms with Crippen molar-refractivity contribution in [3.8, 4) is 17.7 Å². The molecule has 0 atom stereocenters. The van der Waals surface area contributed by atoms with Crippen molar-refractivity contribution >= 4 is 16.6 Å². The van der Waals surface area contributed by atoms with E-state index in [1.807, 2.05) is 41.8 Å². The predicted molar refractivity (Wildman–Crippen MR) is 86.5 cm³/mol. The van der Waals surface area contributed by atoms with Crippen LogP contribution in [0.25, 0.3) is 16.6 Å². The Morgan fingerprint density at radius 3 is 2.65 bits per heavy atom. The molecule has 0 unspecified atom stereocenters. The molecular formula is C18H12N4O. The van der Waals surface area contributed by atoms with E-state index in [0.717, 1.165) is 22.2 Å². The third-order valence-corrected chi connectivity index (χ3v) is 3.59. The van der Waals surface area contributed by atoms with E-state index in [1.165, 1.54) is 0 Å². The molecule has 0 fully saturated rings. The van der Waals surface area contributed by atoms with E-state index in [1.54, 1.807) is 24.3 Å². The lowest BCUT2D eigenvalue weighted by molar-refractivity contribution is 0.469. The summed E-state index contributed by atoms with van der Waals surface area (Å²) in [6.45, 7) is 1.94. The molecular weight excluding hydrogens is 288 g/mol. The van der Waals surface area contributed by atoms with Crippen molar-refractivity contribution in [3.63, 3.8) is 0 Å². The van der Waals surface area contributed by atoms with Gasteiger partial charge in [-0.3, -0.25) is 0 Å². The van der Waals surface area contributed by atoms with E-state index < -0.39 is 0 Å². The molecule has 4 aromatic rings. The first-order chi connectivity index (χ1) is 11.2. The number of nitrogens with zero attached hydrogens (tertiary/aromatic N) is 4. The Morgan fingerprint density at radius 1 is 1.09 bits per heavy atom. The zero-order valence-electron chi connectivity index (χ0n) is 12.4. The van der Waals surface area contributed by atoms with Gasteiger partial charge in [0, 0.05) is 6.07 Å². The Labute approximate surface area is 132 Å². The summed E-state index contributed by atoms with van der Waals surface area (Å²) in [5, 5.41) is 14.2. The second kappa shape index (κ2) is 5.11. The predicted octanol–water partition coefficient (Wildman–Crippen LogP) is 3.85. The summed E-state index contributed by atoms with van der Waals surface area (Å²) in [5.41, 5.74) is 3.18. The highest BCUT2D eigenvalue weighted by molar-refractivity contribution is 5.86. The first kappa shape index (κ1) is 13.3. The number of hydrogen-bond acceptors (Lipinski definition) is 4. The summed E-state index contributed by atoms with van der Waals surface area (Å²) >= 11 is 0. The summed E-state index contributed by atoms with van der Waals surface area (Å²) < 4.78 is 7.76. The van der Waals surface area contributed by atoms with Crippen molar-refractivity contribution < 1.29 is 4.74 Å². The number of aryl methyl sites for hydroxylation is 1. The zero-order valence-corrected chi connectivity index (χ0v) is 12.4. The third-order valence-electron chi connectivity index (χ3n) is 3.59. The van der Waals surface area contributed by atoms with Gasteiger partial charge < -0.3 is 4.74 Å². The molecule has 110 valence electrons. The van der Waals surface area contributed by atoms with E-state index in [-0.39, 0.29) is 0 Å².